The van der Waals surface area contributed by atoms with Crippen LogP contribution >= 0.6 is 0 Å². The Balaban J connectivity index is 2.93. The van der Waals surface area contributed by atoms with E-state index in [1.807, 2.05) is 5.48 Å². The summed E-state index contributed by atoms with van der Waals surface area (Å²) in [5, 5.41) is 19.1. The zero-order chi connectivity index (χ0) is 14.4. The summed E-state index contributed by atoms with van der Waals surface area (Å²) in [6.07, 6.45) is 0. The second-order valence-electron chi connectivity index (χ2n) is 3.23. The number of nitrogens with one attached hydrogen (secondary N) is 1. The van der Waals surface area contributed by atoms with Gasteiger partial charge in [-0.2, -0.15) is 0 Å². The maximum Gasteiger partial charge on any atom is 0.332 e. The van der Waals surface area contributed by atoms with Crippen molar-refractivity contribution >= 4 is 17.6 Å². The number of carbonyl (C=O) groups is 2. The molecule has 0 radical (unpaired) electrons. The van der Waals surface area contributed by atoms with E-state index in [-0.39, 0.29) is 17.0 Å². The van der Waals surface area contributed by atoms with Crippen molar-refractivity contribution in [3.8, 4) is 5.75 Å². The molecule has 0 aliphatic heterocycles. The van der Waals surface area contributed by atoms with Crippen molar-refractivity contribution in [3.05, 3.63) is 33.9 Å². The lowest BCUT2D eigenvalue weighted by atomic mass is 10.1. The molecule has 0 saturated heterocycles. The molecule has 9 nitrogen and oxygen atoms in total. The Kier molecular flexibility index (Phi) is 4.77. The molecule has 19 heavy (non-hydrogen) atoms. The summed E-state index contributed by atoms with van der Waals surface area (Å²) in [4.78, 5) is 36.3. The van der Waals surface area contributed by atoms with Crippen LogP contribution in [0.25, 0.3) is 0 Å². The van der Waals surface area contributed by atoms with Gasteiger partial charge in [-0.3, -0.25) is 19.7 Å². The van der Waals surface area contributed by atoms with Crippen molar-refractivity contribution in [2.24, 2.45) is 0 Å². The van der Waals surface area contributed by atoms with Crippen LogP contribution in [0.5, 0.6) is 5.75 Å². The first-order chi connectivity index (χ1) is 8.97. The van der Waals surface area contributed by atoms with Gasteiger partial charge in [0.15, 0.2) is 6.61 Å². The molecule has 0 saturated carbocycles. The minimum absolute atomic E-state index is 0.137. The van der Waals surface area contributed by atoms with Crippen LogP contribution in [0, 0.1) is 10.1 Å². The highest BCUT2D eigenvalue weighted by molar-refractivity contribution is 5.97. The maximum atomic E-state index is 11.6. The van der Waals surface area contributed by atoms with Gasteiger partial charge in [0.1, 0.15) is 0 Å². The molecule has 0 bridgehead atoms. The molecule has 102 valence electrons. The SMILES string of the molecule is COc1c(C(=O)NOCC(=O)O)cccc1[N+](=O)[O-]. The minimum atomic E-state index is -1.27. The highest BCUT2D eigenvalue weighted by Gasteiger charge is 2.22. The molecule has 9 heteroatoms. The molecule has 1 aromatic carbocycles. The number of methoxy groups -OCH3 is 1. The van der Waals surface area contributed by atoms with Crippen LogP contribution in [0.3, 0.4) is 0 Å². The van der Waals surface area contributed by atoms with Gasteiger partial charge in [-0.05, 0) is 6.07 Å². The number of hydroxylamine groups is 1. The van der Waals surface area contributed by atoms with Crippen LogP contribution in [-0.2, 0) is 9.63 Å². The smallest absolute Gasteiger partial charge is 0.332 e. The largest absolute Gasteiger partial charge is 0.490 e. The van der Waals surface area contributed by atoms with Crippen LogP contribution < -0.4 is 10.2 Å². The summed E-state index contributed by atoms with van der Waals surface area (Å²) < 4.78 is 4.81. The third-order valence-corrected chi connectivity index (χ3v) is 2.00. The van der Waals surface area contributed by atoms with E-state index in [9.17, 15) is 19.7 Å². The predicted octanol–water partition coefficient (Wildman–Crippen LogP) is 0.349. The second kappa shape index (κ2) is 6.31. The molecule has 0 unspecified atom stereocenters. The number of amides is 1. The average molecular weight is 270 g/mol. The number of carboxylic acids is 1. The molecule has 0 aromatic heterocycles. The number of hydrogen-bond donors (Lipinski definition) is 2. The monoisotopic (exact) mass is 270 g/mol. The van der Waals surface area contributed by atoms with Gasteiger partial charge in [0.25, 0.3) is 5.91 Å². The average Bonchev–Trinajstić information content (AvgIpc) is 2.36. The molecule has 0 fully saturated rings. The van der Waals surface area contributed by atoms with E-state index in [2.05, 4.69) is 4.84 Å². The van der Waals surface area contributed by atoms with E-state index in [4.69, 9.17) is 9.84 Å². The molecular formula is C10H10N2O7. The van der Waals surface area contributed by atoms with Gasteiger partial charge in [0, 0.05) is 6.07 Å². The summed E-state index contributed by atoms with van der Waals surface area (Å²) in [5.41, 5.74) is 1.33. The zero-order valence-electron chi connectivity index (χ0n) is 9.78. The van der Waals surface area contributed by atoms with Crippen LogP contribution in [-0.4, -0.2) is 35.6 Å². The molecule has 0 heterocycles. The maximum absolute atomic E-state index is 11.6. The Hall–Kier alpha value is -2.68. The summed E-state index contributed by atoms with van der Waals surface area (Å²) in [6.45, 7) is -0.733. The molecule has 1 aromatic rings. The quantitative estimate of drug-likeness (QED) is 0.563. The fourth-order valence-corrected chi connectivity index (χ4v) is 1.28. The number of ether oxygens (including phenoxy) is 1. The normalized spacial score (nSPS) is 9.74. The number of hydrogen-bond acceptors (Lipinski definition) is 6. The van der Waals surface area contributed by atoms with E-state index in [1.165, 1.54) is 25.3 Å². The third-order valence-electron chi connectivity index (χ3n) is 2.00. The lowest BCUT2D eigenvalue weighted by molar-refractivity contribution is -0.385. The molecule has 0 spiro atoms. The first-order valence-corrected chi connectivity index (χ1v) is 4.92. The second-order valence-corrected chi connectivity index (χ2v) is 3.23. The molecule has 0 atom stereocenters. The number of nitro groups is 1. The zero-order valence-corrected chi connectivity index (χ0v) is 9.78. The first-order valence-electron chi connectivity index (χ1n) is 4.92. The van der Waals surface area contributed by atoms with Gasteiger partial charge in [-0.25, -0.2) is 10.3 Å². The van der Waals surface area contributed by atoms with E-state index >= 15 is 0 Å². The summed E-state index contributed by atoms with van der Waals surface area (Å²) in [6, 6.07) is 3.76. The lowest BCUT2D eigenvalue weighted by Crippen LogP contribution is -2.27. The Morgan fingerprint density at radius 2 is 2.16 bits per heavy atom. The molecule has 1 amide bonds. The highest BCUT2D eigenvalue weighted by Crippen LogP contribution is 2.30. The Labute approximate surface area is 106 Å². The van der Waals surface area contributed by atoms with Crippen molar-refractivity contribution in [1.82, 2.24) is 5.48 Å². The van der Waals surface area contributed by atoms with E-state index in [0.29, 0.717) is 0 Å². The number of carboxylic acid groups (broad SMARTS) is 1. The van der Waals surface area contributed by atoms with Crippen molar-refractivity contribution in [1.29, 1.82) is 0 Å². The Bertz CT molecular complexity index is 515. The van der Waals surface area contributed by atoms with E-state index in [1.54, 1.807) is 0 Å². The number of rotatable bonds is 6. The molecule has 1 rings (SSSR count). The molecule has 0 aliphatic carbocycles. The number of carbonyl (C=O) groups excluding carboxylic acids is 1. The predicted molar refractivity (Wildman–Crippen MR) is 60.7 cm³/mol. The first kappa shape index (κ1) is 14.4. The number of para-hydroxylation sites is 1. The molecule has 2 N–H and O–H groups in total. The van der Waals surface area contributed by atoms with Crippen LogP contribution in [0.2, 0.25) is 0 Å². The summed E-state index contributed by atoms with van der Waals surface area (Å²) in [5.74, 6) is -2.35. The van der Waals surface area contributed by atoms with Crippen molar-refractivity contribution in [3.63, 3.8) is 0 Å². The fourth-order valence-electron chi connectivity index (χ4n) is 1.28. The van der Waals surface area contributed by atoms with Crippen LogP contribution in [0.15, 0.2) is 18.2 Å². The number of aliphatic carboxylic acids is 1. The van der Waals surface area contributed by atoms with Crippen LogP contribution in [0.1, 0.15) is 10.4 Å². The topological polar surface area (TPSA) is 128 Å². The minimum Gasteiger partial charge on any atom is -0.490 e. The number of benzene rings is 1. The Morgan fingerprint density at radius 3 is 2.68 bits per heavy atom. The van der Waals surface area contributed by atoms with E-state index in [0.717, 1.165) is 0 Å². The van der Waals surface area contributed by atoms with Crippen molar-refractivity contribution < 1.29 is 29.2 Å². The van der Waals surface area contributed by atoms with Gasteiger partial charge >= 0.3 is 11.7 Å². The number of nitro benzene ring substituents is 1. The van der Waals surface area contributed by atoms with Crippen molar-refractivity contribution in [2.75, 3.05) is 13.7 Å². The van der Waals surface area contributed by atoms with Gasteiger partial charge in [0.05, 0.1) is 17.6 Å². The Morgan fingerprint density at radius 1 is 1.47 bits per heavy atom. The standard InChI is InChI=1S/C10H10N2O7/c1-18-9-6(3-2-4-7(9)12(16)17)10(15)11-19-5-8(13)14/h2-4H,5H2,1H3,(H,11,15)(H,13,14). The molecular weight excluding hydrogens is 260 g/mol. The van der Waals surface area contributed by atoms with Crippen LogP contribution in [0.4, 0.5) is 5.69 Å². The van der Waals surface area contributed by atoms with Gasteiger partial charge in [-0.15, -0.1) is 0 Å². The van der Waals surface area contributed by atoms with Gasteiger partial charge in [-0.1, -0.05) is 6.07 Å². The van der Waals surface area contributed by atoms with Gasteiger partial charge in [0.2, 0.25) is 5.75 Å². The fraction of sp³-hybridized carbons (Fsp3) is 0.200. The van der Waals surface area contributed by atoms with Gasteiger partial charge < -0.3 is 9.84 Å². The summed E-state index contributed by atoms with van der Waals surface area (Å²) in [7, 11) is 1.18. The van der Waals surface area contributed by atoms with E-state index < -0.39 is 23.4 Å². The third kappa shape index (κ3) is 3.64. The van der Waals surface area contributed by atoms with Crippen molar-refractivity contribution in [2.45, 2.75) is 0 Å². The summed E-state index contributed by atoms with van der Waals surface area (Å²) >= 11 is 0. The lowest BCUT2D eigenvalue weighted by Gasteiger charge is -2.08. The number of nitrogens with zero attached hydrogens (tertiary/aromatic N) is 1. The highest BCUT2D eigenvalue weighted by atomic mass is 16.7. The molecule has 0 aliphatic rings.